The van der Waals surface area contributed by atoms with E-state index in [2.05, 4.69) is 50.7 Å². The first kappa shape index (κ1) is 16.3. The third-order valence-electron chi connectivity index (χ3n) is 4.18. The number of aromatic nitrogens is 2. The van der Waals surface area contributed by atoms with Crippen molar-refractivity contribution < 1.29 is 4.74 Å². The number of rotatable bonds is 7. The average molecular weight is 363 g/mol. The monoisotopic (exact) mass is 362 g/mol. The topological polar surface area (TPSA) is 50.3 Å². The number of thioether (sulfide) groups is 1. The van der Waals surface area contributed by atoms with E-state index in [-0.39, 0.29) is 6.10 Å². The maximum absolute atomic E-state index is 5.93. The molecule has 0 radical (unpaired) electrons. The van der Waals surface area contributed by atoms with E-state index in [9.17, 15) is 0 Å². The first-order chi connectivity index (χ1) is 11.8. The summed E-state index contributed by atoms with van der Waals surface area (Å²) in [6.07, 6.45) is 2.78. The number of nitrogens with zero attached hydrogens (tertiary/aromatic N) is 3. The van der Waals surface area contributed by atoms with E-state index in [0.29, 0.717) is 6.04 Å². The van der Waals surface area contributed by atoms with Crippen molar-refractivity contribution in [2.75, 3.05) is 30.8 Å². The minimum Gasteiger partial charge on any atom is -0.375 e. The van der Waals surface area contributed by atoms with E-state index >= 15 is 0 Å². The molecule has 1 aliphatic carbocycles. The van der Waals surface area contributed by atoms with Crippen molar-refractivity contribution in [1.29, 1.82) is 0 Å². The highest BCUT2D eigenvalue weighted by Crippen LogP contribution is 2.31. The highest BCUT2D eigenvalue weighted by molar-refractivity contribution is 8.01. The number of anilines is 1. The smallest absolute Gasteiger partial charge is 0.206 e. The lowest BCUT2D eigenvalue weighted by Gasteiger charge is -2.32. The van der Waals surface area contributed by atoms with E-state index in [1.54, 1.807) is 23.1 Å². The van der Waals surface area contributed by atoms with Gasteiger partial charge in [-0.05, 0) is 18.4 Å². The molecule has 1 atom stereocenters. The van der Waals surface area contributed by atoms with Crippen LogP contribution in [-0.4, -0.2) is 52.7 Å². The Morgan fingerprint density at radius 3 is 2.96 bits per heavy atom. The van der Waals surface area contributed by atoms with Gasteiger partial charge in [-0.25, -0.2) is 0 Å². The number of hydrogen-bond donors (Lipinski definition) is 1. The molecule has 7 heteroatoms. The van der Waals surface area contributed by atoms with Crippen molar-refractivity contribution in [2.24, 2.45) is 0 Å². The fourth-order valence-corrected chi connectivity index (χ4v) is 4.62. The first-order valence-electron chi connectivity index (χ1n) is 8.46. The molecule has 1 saturated carbocycles. The number of benzene rings is 1. The third-order valence-corrected chi connectivity index (χ3v) is 6.30. The predicted molar refractivity (Wildman–Crippen MR) is 98.7 cm³/mol. The van der Waals surface area contributed by atoms with Crippen LogP contribution in [-0.2, 0) is 11.3 Å². The van der Waals surface area contributed by atoms with Crippen molar-refractivity contribution in [1.82, 2.24) is 15.1 Å². The summed E-state index contributed by atoms with van der Waals surface area (Å²) in [5.41, 5.74) is 1.37. The van der Waals surface area contributed by atoms with Crippen molar-refractivity contribution >= 4 is 28.2 Å². The molecule has 0 spiro atoms. The second kappa shape index (κ2) is 7.82. The lowest BCUT2D eigenvalue weighted by Crippen LogP contribution is -2.43. The van der Waals surface area contributed by atoms with Crippen LogP contribution in [0.5, 0.6) is 0 Å². The van der Waals surface area contributed by atoms with Gasteiger partial charge in [0.1, 0.15) is 0 Å². The summed E-state index contributed by atoms with van der Waals surface area (Å²) in [5, 5.41) is 12.8. The second-order valence-electron chi connectivity index (χ2n) is 6.32. The van der Waals surface area contributed by atoms with Gasteiger partial charge >= 0.3 is 0 Å². The Morgan fingerprint density at radius 2 is 2.12 bits per heavy atom. The normalized spacial score (nSPS) is 21.8. The van der Waals surface area contributed by atoms with Gasteiger partial charge in [-0.2, -0.15) is 0 Å². The fraction of sp³-hybridized carbons (Fsp3) is 0.529. The summed E-state index contributed by atoms with van der Waals surface area (Å²) in [4.78, 5) is 2.48. The van der Waals surface area contributed by atoms with Gasteiger partial charge < -0.3 is 10.1 Å². The molecular formula is C17H22N4OS2. The standard InChI is InChI=1S/C17H22N4OS2/c1-2-4-13(5-3-1)10-21-8-9-22-15(11-21)12-23-17-20-19-16(24-17)18-14-6-7-14/h1-5,14-15H,6-12H2,(H,18,19)/t15-/m1/s1. The van der Waals surface area contributed by atoms with E-state index < -0.39 is 0 Å². The lowest BCUT2D eigenvalue weighted by atomic mass is 10.2. The Labute approximate surface area is 150 Å². The number of morpholine rings is 1. The Bertz CT molecular complexity index is 647. The maximum atomic E-state index is 5.93. The summed E-state index contributed by atoms with van der Waals surface area (Å²) >= 11 is 3.41. The zero-order chi connectivity index (χ0) is 16.2. The molecule has 0 bridgehead atoms. The van der Waals surface area contributed by atoms with Gasteiger partial charge in [-0.1, -0.05) is 53.4 Å². The van der Waals surface area contributed by atoms with Crippen LogP contribution in [0, 0.1) is 0 Å². The number of hydrogen-bond acceptors (Lipinski definition) is 7. The van der Waals surface area contributed by atoms with Crippen LogP contribution in [0.4, 0.5) is 5.13 Å². The van der Waals surface area contributed by atoms with Gasteiger partial charge in [0.25, 0.3) is 0 Å². The van der Waals surface area contributed by atoms with Gasteiger partial charge in [-0.15, -0.1) is 10.2 Å². The van der Waals surface area contributed by atoms with Crippen LogP contribution in [0.15, 0.2) is 34.7 Å². The molecule has 1 aromatic carbocycles. The van der Waals surface area contributed by atoms with Crippen molar-refractivity contribution in [3.8, 4) is 0 Å². The van der Waals surface area contributed by atoms with Crippen LogP contribution < -0.4 is 5.32 Å². The van der Waals surface area contributed by atoms with Crippen LogP contribution in [0.25, 0.3) is 0 Å². The average Bonchev–Trinajstić information content (AvgIpc) is 3.31. The molecule has 1 aromatic heterocycles. The van der Waals surface area contributed by atoms with Gasteiger partial charge in [0.15, 0.2) is 4.34 Å². The molecule has 1 saturated heterocycles. The maximum Gasteiger partial charge on any atom is 0.206 e. The Balaban J connectivity index is 1.24. The van der Waals surface area contributed by atoms with E-state index in [4.69, 9.17) is 4.74 Å². The zero-order valence-electron chi connectivity index (χ0n) is 13.6. The van der Waals surface area contributed by atoms with Crippen LogP contribution in [0.1, 0.15) is 18.4 Å². The van der Waals surface area contributed by atoms with E-state index in [1.165, 1.54) is 18.4 Å². The molecule has 24 heavy (non-hydrogen) atoms. The molecule has 0 amide bonds. The molecular weight excluding hydrogens is 340 g/mol. The highest BCUT2D eigenvalue weighted by atomic mass is 32.2. The molecule has 2 heterocycles. The van der Waals surface area contributed by atoms with Gasteiger partial charge in [-0.3, -0.25) is 4.90 Å². The summed E-state index contributed by atoms with van der Waals surface area (Å²) in [6, 6.07) is 11.3. The second-order valence-corrected chi connectivity index (χ2v) is 8.56. The summed E-state index contributed by atoms with van der Waals surface area (Å²) in [7, 11) is 0. The summed E-state index contributed by atoms with van der Waals surface area (Å²) in [5.74, 6) is 0.934. The van der Waals surface area contributed by atoms with Crippen molar-refractivity contribution in [3.63, 3.8) is 0 Å². The van der Waals surface area contributed by atoms with Crippen LogP contribution in [0.3, 0.4) is 0 Å². The molecule has 2 aromatic rings. The molecule has 1 N–H and O–H groups in total. The lowest BCUT2D eigenvalue weighted by molar-refractivity contribution is -0.0187. The molecule has 5 nitrogen and oxygen atoms in total. The molecule has 1 aliphatic heterocycles. The summed E-state index contributed by atoms with van der Waals surface area (Å²) in [6.45, 7) is 3.79. The largest absolute Gasteiger partial charge is 0.375 e. The molecule has 0 unspecified atom stereocenters. The molecule has 2 fully saturated rings. The minimum atomic E-state index is 0.260. The highest BCUT2D eigenvalue weighted by Gasteiger charge is 2.23. The number of ether oxygens (including phenoxy) is 1. The zero-order valence-corrected chi connectivity index (χ0v) is 15.2. The quantitative estimate of drug-likeness (QED) is 0.764. The number of nitrogens with one attached hydrogen (secondary N) is 1. The van der Waals surface area contributed by atoms with Crippen molar-refractivity contribution in [3.05, 3.63) is 35.9 Å². The SMILES string of the molecule is c1ccc(CN2CCO[C@@H](CSc3nnc(NC4CC4)s3)C2)cc1. The van der Waals surface area contributed by atoms with Gasteiger partial charge in [0, 0.05) is 31.4 Å². The van der Waals surface area contributed by atoms with Gasteiger partial charge in [0.2, 0.25) is 5.13 Å². The molecule has 128 valence electrons. The predicted octanol–water partition coefficient (Wildman–Crippen LogP) is 3.11. The minimum absolute atomic E-state index is 0.260. The van der Waals surface area contributed by atoms with E-state index in [0.717, 1.165) is 41.5 Å². The van der Waals surface area contributed by atoms with Gasteiger partial charge in [0.05, 0.1) is 12.7 Å². The van der Waals surface area contributed by atoms with Crippen molar-refractivity contribution in [2.45, 2.75) is 35.9 Å². The fourth-order valence-electron chi connectivity index (χ4n) is 2.76. The summed E-state index contributed by atoms with van der Waals surface area (Å²) < 4.78 is 6.96. The molecule has 2 aliphatic rings. The molecule has 4 rings (SSSR count). The third kappa shape index (κ3) is 4.69. The Hall–Kier alpha value is -1.15. The van der Waals surface area contributed by atoms with Crippen LogP contribution >= 0.6 is 23.1 Å². The Kier molecular flexibility index (Phi) is 5.32. The Morgan fingerprint density at radius 1 is 1.25 bits per heavy atom. The van der Waals surface area contributed by atoms with E-state index in [1.807, 2.05) is 0 Å². The first-order valence-corrected chi connectivity index (χ1v) is 10.3. The van der Waals surface area contributed by atoms with Crippen LogP contribution in [0.2, 0.25) is 0 Å².